The van der Waals surface area contributed by atoms with Crippen LogP contribution in [-0.4, -0.2) is 28.2 Å². The van der Waals surface area contributed by atoms with Crippen molar-refractivity contribution in [2.75, 3.05) is 0 Å². The Labute approximate surface area is 394 Å². The zero-order valence-corrected chi connectivity index (χ0v) is 37.0. The number of nitrogens with zero attached hydrogens (tertiary/aromatic N) is 6. The molecule has 0 radical (unpaired) electrons. The van der Waals surface area contributed by atoms with Gasteiger partial charge in [0.2, 0.25) is 0 Å². The Balaban J connectivity index is 0.883. The average molecular weight is 883 g/mol. The third-order valence-corrected chi connectivity index (χ3v) is 14.0. The summed E-state index contributed by atoms with van der Waals surface area (Å²) in [5.74, 6) is 1.83. The highest BCUT2D eigenvalue weighted by molar-refractivity contribution is 6.29. The van der Waals surface area contributed by atoms with Gasteiger partial charge in [-0.25, -0.2) is 9.97 Å². The topological polar surface area (TPSA) is 58.6 Å². The van der Waals surface area contributed by atoms with Crippen molar-refractivity contribution < 1.29 is 4.42 Å². The second-order valence-corrected chi connectivity index (χ2v) is 17.8. The predicted molar refractivity (Wildman–Crippen MR) is 283 cm³/mol. The van der Waals surface area contributed by atoms with Gasteiger partial charge in [-0.1, -0.05) is 121 Å². The summed E-state index contributed by atoms with van der Waals surface area (Å²) in [6.07, 6.45) is 0. The van der Waals surface area contributed by atoms with E-state index in [4.69, 9.17) is 14.4 Å². The molecule has 0 spiro atoms. The molecule has 15 aromatic rings. The number of furan rings is 1. The maximum atomic E-state index is 7.27. The highest BCUT2D eigenvalue weighted by atomic mass is 16.3. The van der Waals surface area contributed by atoms with Crippen LogP contribution in [0.15, 0.2) is 235 Å². The highest BCUT2D eigenvalue weighted by Crippen LogP contribution is 2.45. The van der Waals surface area contributed by atoms with Crippen LogP contribution in [0.4, 0.5) is 0 Å². The molecule has 0 N–H and O–H groups in total. The molecule has 7 heteroatoms. The van der Waals surface area contributed by atoms with Crippen LogP contribution < -0.4 is 0 Å². The van der Waals surface area contributed by atoms with E-state index in [0.29, 0.717) is 0 Å². The molecular formula is C62H38N6O. The number of hydrogen-bond acceptors (Lipinski definition) is 3. The molecule has 0 saturated heterocycles. The molecule has 322 valence electrons. The highest BCUT2D eigenvalue weighted by Gasteiger charge is 2.23. The molecule has 0 unspecified atom stereocenters. The summed E-state index contributed by atoms with van der Waals surface area (Å²) in [5, 5.41) is 6.69. The fraction of sp³-hybridized carbons (Fsp3) is 0. The molecule has 0 atom stereocenters. The normalized spacial score (nSPS) is 12.1. The minimum atomic E-state index is 0.891. The van der Waals surface area contributed by atoms with E-state index in [1.54, 1.807) is 0 Å². The van der Waals surface area contributed by atoms with Gasteiger partial charge in [0.05, 0.1) is 54.9 Å². The van der Waals surface area contributed by atoms with Gasteiger partial charge in [0.15, 0.2) is 0 Å². The van der Waals surface area contributed by atoms with Gasteiger partial charge in [-0.2, -0.15) is 0 Å². The van der Waals surface area contributed by atoms with Crippen molar-refractivity contribution in [1.82, 2.24) is 28.2 Å². The first kappa shape index (κ1) is 37.7. The molecule has 0 saturated carbocycles. The molecule has 0 fully saturated rings. The van der Waals surface area contributed by atoms with Gasteiger partial charge in [-0.05, 0) is 109 Å². The summed E-state index contributed by atoms with van der Waals surface area (Å²) >= 11 is 0. The largest absolute Gasteiger partial charge is 0.455 e. The van der Waals surface area contributed by atoms with E-state index in [1.807, 2.05) is 24.3 Å². The molecule has 15 rings (SSSR count). The Morgan fingerprint density at radius 2 is 0.609 bits per heavy atom. The third-order valence-electron chi connectivity index (χ3n) is 14.0. The lowest BCUT2D eigenvalue weighted by atomic mass is 10.1. The predicted octanol–water partition coefficient (Wildman–Crippen LogP) is 15.8. The molecule has 7 nitrogen and oxygen atoms in total. The van der Waals surface area contributed by atoms with Gasteiger partial charge >= 0.3 is 0 Å². The smallest absolute Gasteiger partial charge is 0.145 e. The maximum Gasteiger partial charge on any atom is 0.145 e. The van der Waals surface area contributed by atoms with Crippen LogP contribution in [0.1, 0.15) is 0 Å². The van der Waals surface area contributed by atoms with Gasteiger partial charge in [0, 0.05) is 55.4 Å². The Morgan fingerprint density at radius 3 is 1.03 bits per heavy atom. The van der Waals surface area contributed by atoms with Gasteiger partial charge in [-0.15, -0.1) is 0 Å². The Morgan fingerprint density at radius 1 is 0.261 bits per heavy atom. The number of para-hydroxylation sites is 6. The van der Waals surface area contributed by atoms with Crippen LogP contribution in [0.25, 0.3) is 133 Å². The number of rotatable bonds is 6. The standard InChI is InChI=1S/C62H38N6O/c1-3-15-39(16-4-1)61-63-49-21-9-13-25-53(49)67(61)43-31-27-41(28-32-43)65-51-23-11-7-19-47(51)57-55(65)37-35-45-46-36-38-56-58(60(46)69-59(45)57)48-20-8-12-24-52(48)66(56)42-29-33-44(34-30-42)68-54-26-14-10-22-50(54)64-62(68)40-17-5-2-6-18-40/h1-38H. The maximum absolute atomic E-state index is 7.27. The van der Waals surface area contributed by atoms with Gasteiger partial charge < -0.3 is 13.6 Å². The lowest BCUT2D eigenvalue weighted by molar-refractivity contribution is 0.677. The second kappa shape index (κ2) is 14.5. The second-order valence-electron chi connectivity index (χ2n) is 17.8. The van der Waals surface area contributed by atoms with Gasteiger partial charge in [0.1, 0.15) is 22.8 Å². The number of hydrogen-bond donors (Lipinski definition) is 0. The van der Waals surface area contributed by atoms with Crippen molar-refractivity contribution >= 4 is 87.6 Å². The third kappa shape index (κ3) is 5.50. The first-order valence-electron chi connectivity index (χ1n) is 23.3. The lowest BCUT2D eigenvalue weighted by Crippen LogP contribution is -1.99. The van der Waals surface area contributed by atoms with Gasteiger partial charge in [-0.3, -0.25) is 9.13 Å². The van der Waals surface area contributed by atoms with E-state index < -0.39 is 0 Å². The Bertz CT molecular complexity index is 4220. The molecule has 10 aromatic carbocycles. The molecule has 0 bridgehead atoms. The van der Waals surface area contributed by atoms with E-state index in [-0.39, 0.29) is 0 Å². The van der Waals surface area contributed by atoms with Crippen molar-refractivity contribution in [3.63, 3.8) is 0 Å². The molecule has 0 aliphatic rings. The van der Waals surface area contributed by atoms with E-state index in [2.05, 4.69) is 225 Å². The number of benzene rings is 10. The molecular weight excluding hydrogens is 845 g/mol. The number of fused-ring (bicyclic) bond motifs is 13. The summed E-state index contributed by atoms with van der Waals surface area (Å²) < 4.78 is 16.5. The molecule has 5 heterocycles. The van der Waals surface area contributed by atoms with Crippen LogP contribution in [0.3, 0.4) is 0 Å². The minimum Gasteiger partial charge on any atom is -0.455 e. The summed E-state index contributed by atoms with van der Waals surface area (Å²) in [4.78, 5) is 10.2. The summed E-state index contributed by atoms with van der Waals surface area (Å²) in [6.45, 7) is 0. The van der Waals surface area contributed by atoms with E-state index in [1.165, 1.54) is 0 Å². The van der Waals surface area contributed by atoms with Crippen LogP contribution >= 0.6 is 0 Å². The minimum absolute atomic E-state index is 0.891. The van der Waals surface area contributed by atoms with Gasteiger partial charge in [0.25, 0.3) is 0 Å². The fourth-order valence-corrected chi connectivity index (χ4v) is 11.0. The van der Waals surface area contributed by atoms with E-state index >= 15 is 0 Å². The fourth-order valence-electron chi connectivity index (χ4n) is 11.0. The monoisotopic (exact) mass is 882 g/mol. The summed E-state index contributed by atoms with van der Waals surface area (Å²) in [5.41, 5.74) is 16.7. The van der Waals surface area contributed by atoms with Crippen molar-refractivity contribution in [1.29, 1.82) is 0 Å². The molecule has 0 aliphatic heterocycles. The average Bonchev–Trinajstić information content (AvgIpc) is 4.24. The van der Waals surface area contributed by atoms with Crippen molar-refractivity contribution in [2.24, 2.45) is 0 Å². The first-order valence-corrected chi connectivity index (χ1v) is 23.3. The quantitative estimate of drug-likeness (QED) is 0.167. The van der Waals surface area contributed by atoms with Crippen LogP contribution in [-0.2, 0) is 0 Å². The zero-order valence-electron chi connectivity index (χ0n) is 37.0. The Kier molecular flexibility index (Phi) is 7.94. The number of imidazole rings is 2. The Hall–Kier alpha value is -9.46. The SMILES string of the molecule is c1ccc(-c2nc3ccccc3n2-c2ccc(-n3c4ccccc4c4c5oc6c(ccc7c6c6ccccc6n7-c6ccc(-n7c(-c8ccccc8)nc8ccccc87)cc6)c5ccc43)cc2)cc1. The van der Waals surface area contributed by atoms with E-state index in [9.17, 15) is 0 Å². The number of aromatic nitrogens is 6. The summed E-state index contributed by atoms with van der Waals surface area (Å²) in [7, 11) is 0. The van der Waals surface area contributed by atoms with Crippen LogP contribution in [0.5, 0.6) is 0 Å². The van der Waals surface area contributed by atoms with Crippen LogP contribution in [0, 0.1) is 0 Å². The molecule has 5 aromatic heterocycles. The first-order chi connectivity index (χ1) is 34.2. The zero-order chi connectivity index (χ0) is 45.2. The molecule has 0 amide bonds. The van der Waals surface area contributed by atoms with Crippen molar-refractivity contribution in [3.8, 4) is 45.5 Å². The lowest BCUT2D eigenvalue weighted by Gasteiger charge is -2.12. The van der Waals surface area contributed by atoms with Crippen molar-refractivity contribution in [3.05, 3.63) is 231 Å². The van der Waals surface area contributed by atoms with E-state index in [0.717, 1.165) is 133 Å². The van der Waals surface area contributed by atoms with Crippen molar-refractivity contribution in [2.45, 2.75) is 0 Å². The summed E-state index contributed by atoms with van der Waals surface area (Å²) in [6, 6.07) is 81.6. The molecule has 69 heavy (non-hydrogen) atoms. The van der Waals surface area contributed by atoms with Crippen LogP contribution in [0.2, 0.25) is 0 Å². The molecule has 0 aliphatic carbocycles.